The number of halogens is 1. The molecule has 5 heteroatoms. The number of nitrogens with one attached hydrogen (secondary N) is 1. The first-order chi connectivity index (χ1) is 12.5. The van der Waals surface area contributed by atoms with Gasteiger partial charge in [0.2, 0.25) is 5.91 Å². The zero-order valence-corrected chi connectivity index (χ0v) is 15.1. The molecule has 1 fully saturated rings. The Morgan fingerprint density at radius 2 is 1.96 bits per heavy atom. The first-order valence-electron chi connectivity index (χ1n) is 8.83. The number of hydrogen-bond acceptors (Lipinski definition) is 3. The summed E-state index contributed by atoms with van der Waals surface area (Å²) in [4.78, 5) is 12.9. The molecule has 0 aromatic heterocycles. The highest BCUT2D eigenvalue weighted by Crippen LogP contribution is 2.25. The highest BCUT2D eigenvalue weighted by molar-refractivity contribution is 5.87. The van der Waals surface area contributed by atoms with E-state index in [0.29, 0.717) is 25.4 Å². The normalized spacial score (nSPS) is 20.4. The minimum absolute atomic E-state index is 0.0907. The van der Waals surface area contributed by atoms with Crippen molar-refractivity contribution in [1.29, 1.82) is 0 Å². The molecule has 1 heterocycles. The molecule has 0 aliphatic carbocycles. The van der Waals surface area contributed by atoms with Crippen LogP contribution in [0.1, 0.15) is 25.8 Å². The van der Waals surface area contributed by atoms with Gasteiger partial charge in [-0.15, -0.1) is 0 Å². The first-order valence-corrected chi connectivity index (χ1v) is 8.83. The monoisotopic (exact) mass is 357 g/mol. The molecule has 0 spiro atoms. The molecule has 0 unspecified atom stereocenters. The summed E-state index contributed by atoms with van der Waals surface area (Å²) in [6.07, 6.45) is 0.369. The summed E-state index contributed by atoms with van der Waals surface area (Å²) in [5.41, 5.74) is 0.263. The summed E-state index contributed by atoms with van der Waals surface area (Å²) in [6, 6.07) is 15.4. The van der Waals surface area contributed by atoms with E-state index in [1.165, 1.54) is 12.1 Å². The molecule has 2 aromatic carbocycles. The molecule has 2 atom stereocenters. The van der Waals surface area contributed by atoms with Crippen molar-refractivity contribution in [3.63, 3.8) is 0 Å². The van der Waals surface area contributed by atoms with E-state index in [1.54, 1.807) is 12.1 Å². The maximum Gasteiger partial charge on any atom is 0.230 e. The van der Waals surface area contributed by atoms with Crippen molar-refractivity contribution in [3.05, 3.63) is 66.0 Å². The van der Waals surface area contributed by atoms with Crippen LogP contribution in [-0.4, -0.2) is 31.3 Å². The molecule has 0 saturated carbocycles. The third-order valence-corrected chi connectivity index (χ3v) is 4.76. The van der Waals surface area contributed by atoms with Gasteiger partial charge in [0, 0.05) is 12.5 Å². The average molecular weight is 357 g/mol. The lowest BCUT2D eigenvalue weighted by atomic mass is 9.83. The lowest BCUT2D eigenvalue weighted by Gasteiger charge is -2.35. The molecular weight excluding hydrogens is 333 g/mol. The fraction of sp³-hybridized carbons (Fsp3) is 0.381. The van der Waals surface area contributed by atoms with Crippen LogP contribution in [0.4, 0.5) is 4.39 Å². The minimum Gasteiger partial charge on any atom is -0.488 e. The number of benzene rings is 2. The number of amides is 1. The van der Waals surface area contributed by atoms with Crippen molar-refractivity contribution < 1.29 is 18.7 Å². The molecule has 138 valence electrons. The molecular formula is C21H24FNO3. The van der Waals surface area contributed by atoms with Crippen molar-refractivity contribution in [1.82, 2.24) is 5.32 Å². The Labute approximate surface area is 153 Å². The third kappa shape index (κ3) is 4.22. The highest BCUT2D eigenvalue weighted by atomic mass is 19.1. The Balaban J connectivity index is 1.71. The Hall–Kier alpha value is -2.40. The van der Waals surface area contributed by atoms with E-state index in [4.69, 9.17) is 9.47 Å². The number of carbonyl (C=O) groups is 1. The van der Waals surface area contributed by atoms with Gasteiger partial charge in [-0.05, 0) is 31.5 Å². The molecule has 2 aromatic rings. The van der Waals surface area contributed by atoms with Crippen molar-refractivity contribution in [2.45, 2.75) is 37.8 Å². The molecule has 1 aliphatic heterocycles. The van der Waals surface area contributed by atoms with Gasteiger partial charge in [-0.1, -0.05) is 36.4 Å². The Bertz CT molecular complexity index is 748. The Morgan fingerprint density at radius 1 is 1.19 bits per heavy atom. The smallest absolute Gasteiger partial charge is 0.230 e. The van der Waals surface area contributed by atoms with Gasteiger partial charge in [-0.25, -0.2) is 4.39 Å². The van der Waals surface area contributed by atoms with Gasteiger partial charge in [0.05, 0.1) is 24.7 Å². The largest absolute Gasteiger partial charge is 0.488 e. The topological polar surface area (TPSA) is 47.6 Å². The zero-order valence-electron chi connectivity index (χ0n) is 15.1. The standard InChI is InChI=1S/C21H24FNO3/c1-21(2,15-7-4-3-5-8-15)20(24)23-18-14-25-12-11-19(18)26-17-10-6-9-16(22)13-17/h3-10,13,18-19H,11-12,14H2,1-2H3,(H,23,24)/t18-,19+/m1/s1. The maximum atomic E-state index is 13.4. The van der Waals surface area contributed by atoms with E-state index in [1.807, 2.05) is 44.2 Å². The van der Waals surface area contributed by atoms with Crippen LogP contribution >= 0.6 is 0 Å². The summed E-state index contributed by atoms with van der Waals surface area (Å²) in [7, 11) is 0. The predicted molar refractivity (Wildman–Crippen MR) is 97.7 cm³/mol. The van der Waals surface area contributed by atoms with E-state index in [-0.39, 0.29) is 23.9 Å². The zero-order chi connectivity index (χ0) is 18.6. The van der Waals surface area contributed by atoms with Crippen LogP contribution < -0.4 is 10.1 Å². The van der Waals surface area contributed by atoms with Crippen LogP contribution in [0, 0.1) is 5.82 Å². The summed E-state index contributed by atoms with van der Waals surface area (Å²) >= 11 is 0. The number of hydrogen-bond donors (Lipinski definition) is 1. The van der Waals surface area contributed by atoms with Crippen LogP contribution in [0.25, 0.3) is 0 Å². The minimum atomic E-state index is -0.678. The van der Waals surface area contributed by atoms with Gasteiger partial charge >= 0.3 is 0 Å². The van der Waals surface area contributed by atoms with Gasteiger partial charge in [-0.2, -0.15) is 0 Å². The van der Waals surface area contributed by atoms with E-state index >= 15 is 0 Å². The lowest BCUT2D eigenvalue weighted by Crippen LogP contribution is -2.55. The van der Waals surface area contributed by atoms with Gasteiger partial charge in [0.15, 0.2) is 0 Å². The second kappa shape index (κ2) is 7.87. The second-order valence-corrected chi connectivity index (χ2v) is 7.05. The van der Waals surface area contributed by atoms with Crippen molar-refractivity contribution in [2.24, 2.45) is 0 Å². The molecule has 3 rings (SSSR count). The van der Waals surface area contributed by atoms with Gasteiger partial charge in [0.25, 0.3) is 0 Å². The van der Waals surface area contributed by atoms with Crippen LogP contribution in [0.15, 0.2) is 54.6 Å². The van der Waals surface area contributed by atoms with Crippen LogP contribution in [0.3, 0.4) is 0 Å². The Kier molecular flexibility index (Phi) is 5.57. The summed E-state index contributed by atoms with van der Waals surface area (Å²) < 4.78 is 24.9. The molecule has 1 amide bonds. The summed E-state index contributed by atoms with van der Waals surface area (Å²) in [5, 5.41) is 3.06. The van der Waals surface area contributed by atoms with Crippen LogP contribution in [-0.2, 0) is 14.9 Å². The van der Waals surface area contributed by atoms with E-state index < -0.39 is 5.41 Å². The SMILES string of the molecule is CC(C)(C(=O)N[C@@H]1COCC[C@@H]1Oc1cccc(F)c1)c1ccccc1. The van der Waals surface area contributed by atoms with Gasteiger partial charge in [-0.3, -0.25) is 4.79 Å². The fourth-order valence-corrected chi connectivity index (χ4v) is 3.04. The Morgan fingerprint density at radius 3 is 2.69 bits per heavy atom. The number of ether oxygens (including phenoxy) is 2. The second-order valence-electron chi connectivity index (χ2n) is 7.05. The van der Waals surface area contributed by atoms with E-state index in [9.17, 15) is 9.18 Å². The third-order valence-electron chi connectivity index (χ3n) is 4.76. The van der Waals surface area contributed by atoms with Gasteiger partial charge < -0.3 is 14.8 Å². The lowest BCUT2D eigenvalue weighted by molar-refractivity contribution is -0.128. The quantitative estimate of drug-likeness (QED) is 0.892. The van der Waals surface area contributed by atoms with Gasteiger partial charge in [0.1, 0.15) is 17.7 Å². The molecule has 1 N–H and O–H groups in total. The molecule has 1 saturated heterocycles. The first kappa shape index (κ1) is 18.4. The molecule has 0 radical (unpaired) electrons. The summed E-state index contributed by atoms with van der Waals surface area (Å²) in [5.74, 6) is 0.0193. The molecule has 4 nitrogen and oxygen atoms in total. The number of carbonyl (C=O) groups excluding carboxylic acids is 1. The maximum absolute atomic E-state index is 13.4. The number of rotatable bonds is 5. The fourth-order valence-electron chi connectivity index (χ4n) is 3.04. The van der Waals surface area contributed by atoms with Crippen molar-refractivity contribution in [2.75, 3.05) is 13.2 Å². The van der Waals surface area contributed by atoms with Crippen LogP contribution in [0.5, 0.6) is 5.75 Å². The van der Waals surface area contributed by atoms with Crippen molar-refractivity contribution in [3.8, 4) is 5.75 Å². The summed E-state index contributed by atoms with van der Waals surface area (Å²) in [6.45, 7) is 4.71. The van der Waals surface area contributed by atoms with E-state index in [2.05, 4.69) is 5.32 Å². The molecule has 26 heavy (non-hydrogen) atoms. The highest BCUT2D eigenvalue weighted by Gasteiger charge is 2.35. The molecule has 1 aliphatic rings. The van der Waals surface area contributed by atoms with Crippen molar-refractivity contribution >= 4 is 5.91 Å². The molecule has 0 bridgehead atoms. The van der Waals surface area contributed by atoms with Crippen LogP contribution in [0.2, 0.25) is 0 Å². The average Bonchev–Trinajstić information content (AvgIpc) is 2.64. The van der Waals surface area contributed by atoms with E-state index in [0.717, 1.165) is 5.56 Å². The predicted octanol–water partition coefficient (Wildman–Crippen LogP) is 3.46.